The van der Waals surface area contributed by atoms with E-state index in [1.165, 1.54) is 7.11 Å². The Hall–Kier alpha value is -4.13. The first-order chi connectivity index (χ1) is 20.3. The van der Waals surface area contributed by atoms with Gasteiger partial charge in [0.05, 0.1) is 24.6 Å². The number of halogens is 2. The number of hydrogen-bond donors (Lipinski definition) is 1. The Morgan fingerprint density at radius 3 is 1.71 bits per heavy atom. The highest BCUT2D eigenvalue weighted by Gasteiger charge is 2.73. The van der Waals surface area contributed by atoms with E-state index in [4.69, 9.17) is 27.9 Å². The first-order valence-corrected chi connectivity index (χ1v) is 14.5. The van der Waals surface area contributed by atoms with E-state index < -0.39 is 45.3 Å². The molecule has 0 radical (unpaired) electrons. The third kappa shape index (κ3) is 3.55. The van der Waals surface area contributed by atoms with Crippen LogP contribution in [-0.2, 0) is 30.6 Å². The molecule has 0 saturated carbocycles. The van der Waals surface area contributed by atoms with Crippen LogP contribution in [0.1, 0.15) is 27.8 Å². The third-order valence-corrected chi connectivity index (χ3v) is 10.2. The molecule has 210 valence electrons. The van der Waals surface area contributed by atoms with E-state index in [1.807, 2.05) is 78.9 Å². The molecule has 0 unspecified atom stereocenters. The van der Waals surface area contributed by atoms with Crippen molar-refractivity contribution >= 4 is 46.6 Å². The minimum absolute atomic E-state index is 0.114. The zero-order chi connectivity index (χ0) is 29.2. The number of carbonyl (C=O) groups is 3. The number of likely N-dealkylation sites (tertiary alicyclic amines) is 1. The van der Waals surface area contributed by atoms with E-state index in [0.717, 1.165) is 10.5 Å². The number of rotatable bonds is 6. The van der Waals surface area contributed by atoms with Crippen LogP contribution in [0.4, 0.5) is 5.69 Å². The molecule has 0 spiro atoms. The predicted octanol–water partition coefficient (Wildman–Crippen LogP) is 5.84. The fourth-order valence-corrected chi connectivity index (χ4v) is 8.20. The fraction of sp³-hybridized carbons (Fsp3) is 0.206. The summed E-state index contributed by atoms with van der Waals surface area (Å²) in [5.74, 6) is -3.06. The zero-order valence-electron chi connectivity index (χ0n) is 22.6. The highest BCUT2D eigenvalue weighted by molar-refractivity contribution is 6.36. The van der Waals surface area contributed by atoms with E-state index in [2.05, 4.69) is 5.32 Å². The van der Waals surface area contributed by atoms with Gasteiger partial charge in [0.15, 0.2) is 0 Å². The summed E-state index contributed by atoms with van der Waals surface area (Å²) in [7, 11) is 1.51. The van der Waals surface area contributed by atoms with Crippen LogP contribution in [0.15, 0.2) is 103 Å². The van der Waals surface area contributed by atoms with Gasteiger partial charge in [0, 0.05) is 6.42 Å². The number of hydrogen-bond acceptors (Lipinski definition) is 4. The highest BCUT2D eigenvalue weighted by atomic mass is 35.5. The summed E-state index contributed by atoms with van der Waals surface area (Å²) in [6.45, 7) is 0. The first-order valence-electron chi connectivity index (χ1n) is 13.7. The van der Waals surface area contributed by atoms with Gasteiger partial charge in [-0.2, -0.15) is 0 Å². The Morgan fingerprint density at radius 2 is 1.21 bits per heavy atom. The SMILES string of the molecule is COc1ccccc1NC(=O)[C@H](Cc1ccccc1)N1C(=O)[C@@H]2[C@@H](C1=O)C1(Cl)c3ccccc3C2(Cl)c2ccccc21. The molecule has 8 rings (SSSR count). The van der Waals surface area contributed by atoms with Gasteiger partial charge in [0.1, 0.15) is 21.5 Å². The minimum atomic E-state index is -1.33. The molecule has 4 aromatic carbocycles. The second-order valence-electron chi connectivity index (χ2n) is 10.9. The van der Waals surface area contributed by atoms with Crippen LogP contribution in [0.3, 0.4) is 0 Å². The number of carbonyl (C=O) groups excluding carboxylic acids is 3. The van der Waals surface area contributed by atoms with Crippen LogP contribution in [0.5, 0.6) is 5.75 Å². The molecule has 6 nitrogen and oxygen atoms in total. The van der Waals surface area contributed by atoms with Gasteiger partial charge in [-0.05, 0) is 39.9 Å². The summed E-state index contributed by atoms with van der Waals surface area (Å²) >= 11 is 15.2. The topological polar surface area (TPSA) is 75.7 Å². The number of ether oxygens (including phenoxy) is 1. The number of anilines is 1. The lowest BCUT2D eigenvalue weighted by atomic mass is 9.54. The Bertz CT molecular complexity index is 1640. The first kappa shape index (κ1) is 26.7. The molecule has 4 aliphatic rings. The van der Waals surface area contributed by atoms with E-state index in [0.29, 0.717) is 33.7 Å². The molecule has 1 aliphatic heterocycles. The number of methoxy groups -OCH3 is 1. The highest BCUT2D eigenvalue weighted by Crippen LogP contribution is 2.69. The maximum absolute atomic E-state index is 14.6. The predicted molar refractivity (Wildman–Crippen MR) is 161 cm³/mol. The van der Waals surface area contributed by atoms with Crippen LogP contribution >= 0.6 is 23.2 Å². The van der Waals surface area contributed by atoms with Crippen molar-refractivity contribution in [1.29, 1.82) is 0 Å². The zero-order valence-corrected chi connectivity index (χ0v) is 24.1. The van der Waals surface area contributed by atoms with Gasteiger partial charge in [-0.1, -0.05) is 91.0 Å². The maximum Gasteiger partial charge on any atom is 0.248 e. The summed E-state index contributed by atoms with van der Waals surface area (Å²) in [5, 5.41) is 2.90. The van der Waals surface area contributed by atoms with Crippen LogP contribution in [0.25, 0.3) is 0 Å². The van der Waals surface area contributed by atoms with Crippen LogP contribution in [0, 0.1) is 11.8 Å². The molecular formula is C34H26Cl2N2O4. The summed E-state index contributed by atoms with van der Waals surface area (Å²) in [6, 6.07) is 30.1. The molecule has 8 heteroatoms. The monoisotopic (exact) mass is 596 g/mol. The van der Waals surface area contributed by atoms with Gasteiger partial charge in [0.25, 0.3) is 0 Å². The molecule has 0 aromatic heterocycles. The van der Waals surface area contributed by atoms with E-state index in [-0.39, 0.29) is 6.42 Å². The third-order valence-electron chi connectivity index (χ3n) is 8.87. The van der Waals surface area contributed by atoms with Crippen molar-refractivity contribution in [2.24, 2.45) is 11.8 Å². The quantitative estimate of drug-likeness (QED) is 0.224. The molecule has 1 fully saturated rings. The van der Waals surface area contributed by atoms with Crippen molar-refractivity contribution in [2.75, 3.05) is 12.4 Å². The lowest BCUT2D eigenvalue weighted by molar-refractivity contribution is -0.146. The Labute approximate surface area is 253 Å². The lowest BCUT2D eigenvalue weighted by Gasteiger charge is -2.54. The van der Waals surface area contributed by atoms with Crippen molar-refractivity contribution in [3.05, 3.63) is 131 Å². The van der Waals surface area contributed by atoms with Gasteiger partial charge in [-0.15, -0.1) is 23.2 Å². The second-order valence-corrected chi connectivity index (χ2v) is 12.1. The molecule has 3 atom stereocenters. The number of amides is 3. The average molecular weight is 597 g/mol. The van der Waals surface area contributed by atoms with Gasteiger partial charge < -0.3 is 10.1 Å². The maximum atomic E-state index is 14.6. The normalized spacial score (nSPS) is 25.8. The van der Waals surface area contributed by atoms with Crippen LogP contribution in [0.2, 0.25) is 0 Å². The molecule has 42 heavy (non-hydrogen) atoms. The largest absolute Gasteiger partial charge is 0.495 e. The number of alkyl halides is 2. The van der Waals surface area contributed by atoms with E-state index in [1.54, 1.807) is 24.3 Å². The van der Waals surface area contributed by atoms with Gasteiger partial charge in [0.2, 0.25) is 17.7 Å². The molecule has 1 saturated heterocycles. The Balaban J connectivity index is 1.37. The van der Waals surface area contributed by atoms with Crippen molar-refractivity contribution in [2.45, 2.75) is 22.2 Å². The van der Waals surface area contributed by atoms with Gasteiger partial charge in [-0.3, -0.25) is 19.3 Å². The van der Waals surface area contributed by atoms with E-state index in [9.17, 15) is 14.4 Å². The molecule has 4 aromatic rings. The van der Waals surface area contributed by atoms with Crippen molar-refractivity contribution in [3.8, 4) is 5.75 Å². The Kier molecular flexibility index (Phi) is 6.19. The van der Waals surface area contributed by atoms with Crippen molar-refractivity contribution in [1.82, 2.24) is 4.90 Å². The fourth-order valence-electron chi connectivity index (χ4n) is 7.10. The molecule has 1 N–H and O–H groups in total. The van der Waals surface area contributed by atoms with E-state index >= 15 is 0 Å². The molecule has 3 amide bonds. The van der Waals surface area contributed by atoms with Crippen molar-refractivity contribution < 1.29 is 19.1 Å². The molecule has 3 aliphatic carbocycles. The molecule has 1 heterocycles. The average Bonchev–Trinajstić information content (AvgIpc) is 3.30. The Morgan fingerprint density at radius 1 is 0.762 bits per heavy atom. The number of nitrogens with one attached hydrogen (secondary N) is 1. The number of nitrogens with zero attached hydrogens (tertiary/aromatic N) is 1. The van der Waals surface area contributed by atoms with Gasteiger partial charge >= 0.3 is 0 Å². The smallest absolute Gasteiger partial charge is 0.248 e. The second kappa shape index (κ2) is 9.72. The summed E-state index contributed by atoms with van der Waals surface area (Å²) in [5.41, 5.74) is 4.07. The van der Waals surface area contributed by atoms with Crippen molar-refractivity contribution in [3.63, 3.8) is 0 Å². The van der Waals surface area contributed by atoms with Gasteiger partial charge in [-0.25, -0.2) is 0 Å². The number of imide groups is 1. The van der Waals surface area contributed by atoms with Crippen LogP contribution < -0.4 is 10.1 Å². The number of benzene rings is 4. The van der Waals surface area contributed by atoms with Crippen LogP contribution in [-0.4, -0.2) is 35.8 Å². The standard InChI is InChI=1S/C34H26Cl2N2O4/c1-42-27-18-10-9-17-25(27)37-30(39)26(19-20-11-3-2-4-12-20)38-31(40)28-29(32(38)41)34(36)22-14-6-5-13-21(22)33(28,35)23-15-7-8-16-24(23)34/h2-18,26,28-29H,19H2,1H3,(H,37,39)/t26-,28-,29-,33?,34?/m0/s1. The molecule has 2 bridgehead atoms. The summed E-state index contributed by atoms with van der Waals surface area (Å²) in [6.07, 6.45) is 0.114. The number of para-hydroxylation sites is 2. The summed E-state index contributed by atoms with van der Waals surface area (Å²) < 4.78 is 5.43. The molecular weight excluding hydrogens is 571 g/mol. The summed E-state index contributed by atoms with van der Waals surface area (Å²) in [4.78, 5) is 41.7. The lowest BCUT2D eigenvalue weighted by Crippen LogP contribution is -2.57. The minimum Gasteiger partial charge on any atom is -0.495 e.